The number of likely N-dealkylation sites (tertiary alicyclic amines) is 1. The van der Waals surface area contributed by atoms with Gasteiger partial charge in [0, 0.05) is 24.7 Å². The Bertz CT molecular complexity index is 652. The van der Waals surface area contributed by atoms with Gasteiger partial charge < -0.3 is 9.32 Å². The van der Waals surface area contributed by atoms with Gasteiger partial charge in [0.25, 0.3) is 0 Å². The fourth-order valence-corrected chi connectivity index (χ4v) is 2.41. The van der Waals surface area contributed by atoms with Gasteiger partial charge in [-0.2, -0.15) is 0 Å². The van der Waals surface area contributed by atoms with Gasteiger partial charge in [-0.3, -0.25) is 4.79 Å². The Labute approximate surface area is 122 Å². The van der Waals surface area contributed by atoms with E-state index in [9.17, 15) is 9.18 Å². The molecule has 1 aliphatic heterocycles. The molecule has 4 heteroatoms. The number of carbonyl (C=O) groups is 1. The number of amides is 1. The summed E-state index contributed by atoms with van der Waals surface area (Å²) in [4.78, 5) is 13.7. The highest BCUT2D eigenvalue weighted by atomic mass is 19.1. The third-order valence-corrected chi connectivity index (χ3v) is 3.56. The number of halogens is 1. The number of benzene rings is 1. The van der Waals surface area contributed by atoms with Gasteiger partial charge in [0.05, 0.1) is 0 Å². The smallest absolute Gasteiger partial charge is 0.246 e. The van der Waals surface area contributed by atoms with E-state index in [1.165, 1.54) is 12.1 Å². The minimum atomic E-state index is -0.276. The summed E-state index contributed by atoms with van der Waals surface area (Å²) in [5.74, 6) is 1.01. The fourth-order valence-electron chi connectivity index (χ4n) is 2.41. The Morgan fingerprint density at radius 2 is 1.81 bits per heavy atom. The molecule has 1 aromatic carbocycles. The third-order valence-electron chi connectivity index (χ3n) is 3.56. The van der Waals surface area contributed by atoms with Crippen LogP contribution in [0.2, 0.25) is 0 Å². The largest absolute Gasteiger partial charge is 0.457 e. The fraction of sp³-hybridized carbons (Fsp3) is 0.235. The molecule has 0 bridgehead atoms. The lowest BCUT2D eigenvalue weighted by Crippen LogP contribution is -2.25. The molecule has 0 aliphatic carbocycles. The molecule has 0 atom stereocenters. The van der Waals surface area contributed by atoms with E-state index in [1.54, 1.807) is 30.4 Å². The number of nitrogens with zero attached hydrogens (tertiary/aromatic N) is 1. The quantitative estimate of drug-likeness (QED) is 0.805. The zero-order valence-corrected chi connectivity index (χ0v) is 11.6. The van der Waals surface area contributed by atoms with Crippen molar-refractivity contribution in [1.29, 1.82) is 0 Å². The van der Waals surface area contributed by atoms with Crippen molar-refractivity contribution in [2.24, 2.45) is 0 Å². The van der Waals surface area contributed by atoms with Gasteiger partial charge in [0.2, 0.25) is 5.91 Å². The van der Waals surface area contributed by atoms with Crippen LogP contribution in [0.4, 0.5) is 4.39 Å². The second kappa shape index (κ2) is 5.95. The summed E-state index contributed by atoms with van der Waals surface area (Å²) in [7, 11) is 0. The molecule has 1 fully saturated rings. The molecular formula is C17H16FNO2. The Hall–Kier alpha value is -2.36. The first-order chi connectivity index (χ1) is 10.2. The first-order valence-electron chi connectivity index (χ1n) is 7.05. The van der Waals surface area contributed by atoms with Crippen molar-refractivity contribution in [1.82, 2.24) is 4.90 Å². The van der Waals surface area contributed by atoms with Crippen LogP contribution in [0.1, 0.15) is 18.6 Å². The van der Waals surface area contributed by atoms with Gasteiger partial charge in [-0.25, -0.2) is 4.39 Å². The summed E-state index contributed by atoms with van der Waals surface area (Å²) in [5.41, 5.74) is 0.807. The van der Waals surface area contributed by atoms with Crippen LogP contribution in [0.15, 0.2) is 46.9 Å². The van der Waals surface area contributed by atoms with Crippen molar-refractivity contribution in [2.45, 2.75) is 12.8 Å². The molecule has 3 rings (SSSR count). The van der Waals surface area contributed by atoms with Crippen LogP contribution in [-0.2, 0) is 4.79 Å². The Morgan fingerprint density at radius 3 is 2.52 bits per heavy atom. The molecular weight excluding hydrogens is 269 g/mol. The summed E-state index contributed by atoms with van der Waals surface area (Å²) < 4.78 is 18.5. The molecule has 1 aromatic heterocycles. The molecule has 0 unspecified atom stereocenters. The summed E-state index contributed by atoms with van der Waals surface area (Å²) in [5, 5.41) is 0. The maximum atomic E-state index is 12.9. The molecule has 108 valence electrons. The molecule has 0 saturated carbocycles. The van der Waals surface area contributed by atoms with Crippen molar-refractivity contribution in [2.75, 3.05) is 13.1 Å². The summed E-state index contributed by atoms with van der Waals surface area (Å²) in [6.07, 6.45) is 5.37. The summed E-state index contributed by atoms with van der Waals surface area (Å²) >= 11 is 0. The maximum absolute atomic E-state index is 12.9. The van der Waals surface area contributed by atoms with E-state index >= 15 is 0 Å². The highest BCUT2D eigenvalue weighted by molar-refractivity contribution is 5.91. The highest BCUT2D eigenvalue weighted by Gasteiger charge is 2.15. The van der Waals surface area contributed by atoms with E-state index < -0.39 is 0 Å². The van der Waals surface area contributed by atoms with Crippen LogP contribution in [0, 0.1) is 5.82 Å². The molecule has 0 spiro atoms. The summed E-state index contributed by atoms with van der Waals surface area (Å²) in [6, 6.07) is 9.72. The zero-order chi connectivity index (χ0) is 14.7. The van der Waals surface area contributed by atoms with E-state index in [0.29, 0.717) is 11.5 Å². The zero-order valence-electron chi connectivity index (χ0n) is 11.6. The van der Waals surface area contributed by atoms with Crippen molar-refractivity contribution < 1.29 is 13.6 Å². The average Bonchev–Trinajstić information content (AvgIpc) is 3.17. The molecule has 3 nitrogen and oxygen atoms in total. The minimum Gasteiger partial charge on any atom is -0.457 e. The van der Waals surface area contributed by atoms with Crippen LogP contribution in [0.3, 0.4) is 0 Å². The number of carbonyl (C=O) groups excluding carboxylic acids is 1. The van der Waals surface area contributed by atoms with Gasteiger partial charge in [0.1, 0.15) is 17.3 Å². The highest BCUT2D eigenvalue weighted by Crippen LogP contribution is 2.23. The van der Waals surface area contributed by atoms with Gasteiger partial charge >= 0.3 is 0 Å². The molecule has 1 saturated heterocycles. The van der Waals surface area contributed by atoms with Crippen molar-refractivity contribution in [3.8, 4) is 11.3 Å². The second-order valence-electron chi connectivity index (χ2n) is 5.07. The predicted octanol–water partition coefficient (Wildman–Crippen LogP) is 3.72. The number of hydrogen-bond acceptors (Lipinski definition) is 2. The third kappa shape index (κ3) is 3.21. The number of rotatable bonds is 3. The van der Waals surface area contributed by atoms with Crippen molar-refractivity contribution in [3.63, 3.8) is 0 Å². The van der Waals surface area contributed by atoms with E-state index in [0.717, 1.165) is 31.5 Å². The predicted molar refractivity (Wildman–Crippen MR) is 79.0 cm³/mol. The van der Waals surface area contributed by atoms with Crippen LogP contribution in [-0.4, -0.2) is 23.9 Å². The standard InChI is InChI=1S/C17H16FNO2/c18-14-5-3-13(4-6-14)16-9-7-15(21-16)8-10-17(20)19-11-1-2-12-19/h3-10H,1-2,11-12H2/b10-8+. The minimum absolute atomic E-state index is 0.0206. The van der Waals surface area contributed by atoms with Gasteiger partial charge in [-0.1, -0.05) is 0 Å². The van der Waals surface area contributed by atoms with E-state index in [2.05, 4.69) is 0 Å². The molecule has 1 amide bonds. The number of furan rings is 1. The Morgan fingerprint density at radius 1 is 1.10 bits per heavy atom. The SMILES string of the molecule is O=C(/C=C/c1ccc(-c2ccc(F)cc2)o1)N1CCCC1. The van der Waals surface area contributed by atoms with Crippen LogP contribution in [0.5, 0.6) is 0 Å². The topological polar surface area (TPSA) is 33.5 Å². The molecule has 2 heterocycles. The van der Waals surface area contributed by atoms with Gasteiger partial charge in [-0.05, 0) is 55.3 Å². The van der Waals surface area contributed by atoms with E-state index in [4.69, 9.17) is 4.42 Å². The molecule has 0 radical (unpaired) electrons. The lowest BCUT2D eigenvalue weighted by atomic mass is 10.2. The lowest BCUT2D eigenvalue weighted by molar-refractivity contribution is -0.124. The molecule has 1 aliphatic rings. The molecule has 21 heavy (non-hydrogen) atoms. The molecule has 2 aromatic rings. The number of hydrogen-bond donors (Lipinski definition) is 0. The normalized spacial score (nSPS) is 15.0. The Balaban J connectivity index is 1.70. The van der Waals surface area contributed by atoms with Gasteiger partial charge in [0.15, 0.2) is 0 Å². The van der Waals surface area contributed by atoms with Crippen LogP contribution >= 0.6 is 0 Å². The van der Waals surface area contributed by atoms with E-state index in [-0.39, 0.29) is 11.7 Å². The van der Waals surface area contributed by atoms with Crippen LogP contribution < -0.4 is 0 Å². The van der Waals surface area contributed by atoms with Crippen molar-refractivity contribution >= 4 is 12.0 Å². The maximum Gasteiger partial charge on any atom is 0.246 e. The second-order valence-corrected chi connectivity index (χ2v) is 5.07. The molecule has 0 N–H and O–H groups in total. The van der Waals surface area contributed by atoms with E-state index in [1.807, 2.05) is 11.0 Å². The van der Waals surface area contributed by atoms with Crippen LogP contribution in [0.25, 0.3) is 17.4 Å². The first kappa shape index (κ1) is 13.6. The summed E-state index contributed by atoms with van der Waals surface area (Å²) in [6.45, 7) is 1.67. The Kier molecular flexibility index (Phi) is 3.86. The lowest BCUT2D eigenvalue weighted by Gasteiger charge is -2.11. The monoisotopic (exact) mass is 285 g/mol. The van der Waals surface area contributed by atoms with Crippen molar-refractivity contribution in [3.05, 3.63) is 54.1 Å². The first-order valence-corrected chi connectivity index (χ1v) is 7.05. The van der Waals surface area contributed by atoms with Gasteiger partial charge in [-0.15, -0.1) is 0 Å². The average molecular weight is 285 g/mol.